The monoisotopic (exact) mass is 325 g/mol. The summed E-state index contributed by atoms with van der Waals surface area (Å²) in [6.07, 6.45) is 3.23. The van der Waals surface area contributed by atoms with Crippen LogP contribution in [0, 0.1) is 22.7 Å². The summed E-state index contributed by atoms with van der Waals surface area (Å²) in [5, 5.41) is 37.7. The van der Waals surface area contributed by atoms with E-state index in [1.807, 2.05) is 12.1 Å². The normalized spacial score (nSPS) is 9.92. The number of benzene rings is 2. The summed E-state index contributed by atoms with van der Waals surface area (Å²) in [6, 6.07) is 17.9. The molecule has 0 unspecified atom stereocenters. The van der Waals surface area contributed by atoms with Crippen LogP contribution in [-0.4, -0.2) is 22.2 Å². The van der Waals surface area contributed by atoms with Gasteiger partial charge in [0.25, 0.3) is 0 Å². The molecule has 0 fully saturated rings. The fourth-order valence-corrected chi connectivity index (χ4v) is 2.70. The maximum Gasteiger partial charge on any atom is 0.489 e. The molecule has 0 aliphatic rings. The zero-order chi connectivity index (χ0) is 17.8. The van der Waals surface area contributed by atoms with Crippen molar-refractivity contribution >= 4 is 12.6 Å². The van der Waals surface area contributed by atoms with E-state index in [1.165, 1.54) is 0 Å². The van der Waals surface area contributed by atoms with Crippen LogP contribution in [-0.2, 0) is 0 Å². The minimum Gasteiger partial charge on any atom is -0.423 e. The highest BCUT2D eigenvalue weighted by molar-refractivity contribution is 6.60. The Hall–Kier alpha value is -3.45. The summed E-state index contributed by atoms with van der Waals surface area (Å²) in [7, 11) is -1.70. The number of nitrogens with zero attached hydrogens (tertiary/aromatic N) is 3. The molecule has 3 rings (SSSR count). The zero-order valence-corrected chi connectivity index (χ0v) is 13.1. The predicted octanol–water partition coefficient (Wildman–Crippen LogP) is 1.84. The Morgan fingerprint density at radius 1 is 0.840 bits per heavy atom. The minimum absolute atomic E-state index is 0.240. The van der Waals surface area contributed by atoms with E-state index in [1.54, 1.807) is 48.8 Å². The minimum atomic E-state index is -1.70. The molecule has 6 heteroatoms. The van der Waals surface area contributed by atoms with Gasteiger partial charge in [-0.3, -0.25) is 4.98 Å². The molecule has 2 aromatic carbocycles. The number of hydrogen-bond acceptors (Lipinski definition) is 5. The molecule has 5 nitrogen and oxygen atoms in total. The lowest BCUT2D eigenvalue weighted by atomic mass is 9.74. The topological polar surface area (TPSA) is 101 Å². The van der Waals surface area contributed by atoms with Crippen molar-refractivity contribution in [3.8, 4) is 34.4 Å². The van der Waals surface area contributed by atoms with E-state index in [0.717, 1.165) is 11.1 Å². The summed E-state index contributed by atoms with van der Waals surface area (Å²) >= 11 is 0. The molecule has 118 valence electrons. The quantitative estimate of drug-likeness (QED) is 0.716. The number of pyridine rings is 1. The van der Waals surface area contributed by atoms with Gasteiger partial charge >= 0.3 is 7.12 Å². The van der Waals surface area contributed by atoms with Gasteiger partial charge in [-0.15, -0.1) is 0 Å². The molecule has 0 saturated heterocycles. The van der Waals surface area contributed by atoms with Crippen LogP contribution in [0.5, 0.6) is 0 Å². The van der Waals surface area contributed by atoms with Gasteiger partial charge in [-0.25, -0.2) is 0 Å². The number of rotatable bonds is 3. The standard InChI is InChI=1S/C19H12BN3O2/c21-9-13-3-1-4-14(7-13)16-8-17(12-23-11-16)19-15(10-22)5-2-6-18(19)20(24)25/h1-8,11-12,24-25H. The Morgan fingerprint density at radius 3 is 2.32 bits per heavy atom. The fourth-order valence-electron chi connectivity index (χ4n) is 2.70. The van der Waals surface area contributed by atoms with Crippen LogP contribution in [0.1, 0.15) is 11.1 Å². The van der Waals surface area contributed by atoms with Crippen molar-refractivity contribution in [3.05, 3.63) is 72.1 Å². The van der Waals surface area contributed by atoms with E-state index in [2.05, 4.69) is 17.1 Å². The third-order valence-electron chi connectivity index (χ3n) is 3.85. The molecule has 3 aromatic rings. The number of nitriles is 2. The number of hydrogen-bond donors (Lipinski definition) is 2. The van der Waals surface area contributed by atoms with E-state index in [9.17, 15) is 15.3 Å². The SMILES string of the molecule is N#Cc1cccc(-c2cncc(-c3c(C#N)cccc3B(O)O)c2)c1. The molecule has 1 heterocycles. The number of aromatic nitrogens is 1. The van der Waals surface area contributed by atoms with E-state index in [4.69, 9.17) is 5.26 Å². The van der Waals surface area contributed by atoms with Crippen LogP contribution < -0.4 is 5.46 Å². The molecule has 25 heavy (non-hydrogen) atoms. The second-order valence-corrected chi connectivity index (χ2v) is 5.41. The van der Waals surface area contributed by atoms with Gasteiger partial charge in [-0.2, -0.15) is 10.5 Å². The maximum atomic E-state index is 9.63. The van der Waals surface area contributed by atoms with Crippen LogP contribution >= 0.6 is 0 Å². The van der Waals surface area contributed by atoms with Crippen molar-refractivity contribution in [1.29, 1.82) is 10.5 Å². The van der Waals surface area contributed by atoms with Gasteiger partial charge in [0.2, 0.25) is 0 Å². The zero-order valence-electron chi connectivity index (χ0n) is 13.1. The van der Waals surface area contributed by atoms with Crippen LogP contribution in [0.15, 0.2) is 60.9 Å². The fraction of sp³-hybridized carbons (Fsp3) is 0. The van der Waals surface area contributed by atoms with Crippen LogP contribution in [0.25, 0.3) is 22.3 Å². The summed E-state index contributed by atoms with van der Waals surface area (Å²) in [5.41, 5.74) is 3.71. The summed E-state index contributed by atoms with van der Waals surface area (Å²) in [6.45, 7) is 0. The lowest BCUT2D eigenvalue weighted by Crippen LogP contribution is -2.32. The van der Waals surface area contributed by atoms with Crippen LogP contribution in [0.4, 0.5) is 0 Å². The van der Waals surface area contributed by atoms with E-state index < -0.39 is 7.12 Å². The molecule has 0 spiro atoms. The van der Waals surface area contributed by atoms with E-state index >= 15 is 0 Å². The smallest absolute Gasteiger partial charge is 0.423 e. The van der Waals surface area contributed by atoms with Gasteiger partial charge < -0.3 is 10.0 Å². The average Bonchev–Trinajstić information content (AvgIpc) is 2.67. The van der Waals surface area contributed by atoms with Gasteiger partial charge in [0.15, 0.2) is 0 Å². The second-order valence-electron chi connectivity index (χ2n) is 5.41. The molecule has 0 bridgehead atoms. The van der Waals surface area contributed by atoms with Gasteiger partial charge in [0.05, 0.1) is 23.3 Å². The Morgan fingerprint density at radius 2 is 1.60 bits per heavy atom. The highest BCUT2D eigenvalue weighted by Crippen LogP contribution is 2.27. The maximum absolute atomic E-state index is 9.63. The van der Waals surface area contributed by atoms with E-state index in [0.29, 0.717) is 22.3 Å². The van der Waals surface area contributed by atoms with Crippen molar-refractivity contribution < 1.29 is 10.0 Å². The Labute approximate surface area is 145 Å². The predicted molar refractivity (Wildman–Crippen MR) is 94.4 cm³/mol. The third kappa shape index (κ3) is 3.27. The molecule has 0 radical (unpaired) electrons. The largest absolute Gasteiger partial charge is 0.489 e. The van der Waals surface area contributed by atoms with Crippen molar-refractivity contribution in [2.45, 2.75) is 0 Å². The highest BCUT2D eigenvalue weighted by Gasteiger charge is 2.20. The molecule has 0 atom stereocenters. The molecule has 0 aliphatic carbocycles. The Bertz CT molecular complexity index is 1020. The Kier molecular flexibility index (Phi) is 4.58. The summed E-state index contributed by atoms with van der Waals surface area (Å²) in [5.74, 6) is 0. The lowest BCUT2D eigenvalue weighted by Gasteiger charge is -2.12. The van der Waals surface area contributed by atoms with E-state index in [-0.39, 0.29) is 5.46 Å². The molecular formula is C19H12BN3O2. The molecule has 0 saturated carbocycles. The highest BCUT2D eigenvalue weighted by atomic mass is 16.4. The second kappa shape index (κ2) is 6.98. The molecular weight excluding hydrogens is 313 g/mol. The first kappa shape index (κ1) is 16.4. The van der Waals surface area contributed by atoms with Crippen molar-refractivity contribution in [1.82, 2.24) is 4.98 Å². The van der Waals surface area contributed by atoms with Crippen LogP contribution in [0.2, 0.25) is 0 Å². The first-order valence-corrected chi connectivity index (χ1v) is 7.49. The molecule has 1 aromatic heterocycles. The van der Waals surface area contributed by atoms with Gasteiger partial charge in [-0.1, -0.05) is 24.3 Å². The molecule has 2 N–H and O–H groups in total. The van der Waals surface area contributed by atoms with Crippen LogP contribution in [0.3, 0.4) is 0 Å². The van der Waals surface area contributed by atoms with Crippen molar-refractivity contribution in [2.24, 2.45) is 0 Å². The van der Waals surface area contributed by atoms with Crippen molar-refractivity contribution in [3.63, 3.8) is 0 Å². The molecule has 0 amide bonds. The first-order chi connectivity index (χ1) is 12.1. The Balaban J connectivity index is 2.18. The average molecular weight is 325 g/mol. The lowest BCUT2D eigenvalue weighted by molar-refractivity contribution is 0.426. The first-order valence-electron chi connectivity index (χ1n) is 7.49. The van der Waals surface area contributed by atoms with Gasteiger partial charge in [0.1, 0.15) is 0 Å². The summed E-state index contributed by atoms with van der Waals surface area (Å²) < 4.78 is 0. The third-order valence-corrected chi connectivity index (χ3v) is 3.85. The van der Waals surface area contributed by atoms with Gasteiger partial charge in [0, 0.05) is 29.1 Å². The van der Waals surface area contributed by atoms with Crippen molar-refractivity contribution in [2.75, 3.05) is 0 Å². The van der Waals surface area contributed by atoms with Gasteiger partial charge in [-0.05, 0) is 35.3 Å². The molecule has 0 aliphatic heterocycles. The summed E-state index contributed by atoms with van der Waals surface area (Å²) in [4.78, 5) is 4.21.